The van der Waals surface area contributed by atoms with E-state index in [-0.39, 0.29) is 12.3 Å². The van der Waals surface area contributed by atoms with Crippen LogP contribution < -0.4 is 15.4 Å². The quantitative estimate of drug-likeness (QED) is 0.674. The average Bonchev–Trinajstić information content (AvgIpc) is 2.75. The lowest BCUT2D eigenvalue weighted by Gasteiger charge is -2.37. The molecule has 0 radical (unpaired) electrons. The normalized spacial score (nSPS) is 25.3. The molecule has 2 saturated heterocycles. The van der Waals surface area contributed by atoms with Gasteiger partial charge in [0.25, 0.3) is 0 Å². The summed E-state index contributed by atoms with van der Waals surface area (Å²) in [6, 6.07) is 4.62. The van der Waals surface area contributed by atoms with Crippen LogP contribution in [0.2, 0.25) is 0 Å². The van der Waals surface area contributed by atoms with Gasteiger partial charge in [-0.3, -0.25) is 14.4 Å². The fourth-order valence-corrected chi connectivity index (χ4v) is 5.70. The van der Waals surface area contributed by atoms with E-state index in [9.17, 15) is 22.8 Å². The van der Waals surface area contributed by atoms with Gasteiger partial charge in [0.1, 0.15) is 23.2 Å². The number of hydrogen-bond acceptors (Lipinski definition) is 6. The zero-order valence-electron chi connectivity index (χ0n) is 16.1. The molecule has 0 aliphatic carbocycles. The molecule has 2 fully saturated rings. The summed E-state index contributed by atoms with van der Waals surface area (Å²) in [6.07, 6.45) is -0.110. The number of carbonyl (C=O) groups is 3. The Kier molecular flexibility index (Phi) is 4.86. The van der Waals surface area contributed by atoms with Crippen LogP contribution in [0.3, 0.4) is 0 Å². The number of sulfone groups is 1. The predicted molar refractivity (Wildman–Crippen MR) is 101 cm³/mol. The first kappa shape index (κ1) is 20.1. The smallest absolute Gasteiger partial charge is 0.246 e. The zero-order chi connectivity index (χ0) is 20.9. The topological polar surface area (TPSA) is 122 Å². The molecule has 2 aliphatic heterocycles. The van der Waals surface area contributed by atoms with E-state index >= 15 is 0 Å². The minimum Gasteiger partial charge on any atom is -0.497 e. The largest absolute Gasteiger partial charge is 0.497 e. The molecule has 9 nitrogen and oxygen atoms in total. The SMILES string of the molecule is COc1cccc(NC(=O)C(C)NC(=O)C2N3C(=O)CC3S(=O)(=O)C2(C)C)c1. The van der Waals surface area contributed by atoms with Crippen molar-refractivity contribution in [3.05, 3.63) is 24.3 Å². The van der Waals surface area contributed by atoms with Crippen LogP contribution >= 0.6 is 0 Å². The van der Waals surface area contributed by atoms with Crippen LogP contribution in [0.15, 0.2) is 24.3 Å². The second-order valence-electron chi connectivity index (χ2n) is 7.46. The zero-order valence-corrected chi connectivity index (χ0v) is 16.9. The van der Waals surface area contributed by atoms with Gasteiger partial charge in [-0.2, -0.15) is 0 Å². The molecule has 3 rings (SSSR count). The van der Waals surface area contributed by atoms with Crippen molar-refractivity contribution >= 4 is 33.2 Å². The van der Waals surface area contributed by atoms with E-state index in [2.05, 4.69) is 10.6 Å². The van der Waals surface area contributed by atoms with Crippen LogP contribution in [0.5, 0.6) is 5.75 Å². The Balaban J connectivity index is 1.71. The molecule has 2 N–H and O–H groups in total. The van der Waals surface area contributed by atoms with Crippen LogP contribution in [0.4, 0.5) is 5.69 Å². The first-order valence-electron chi connectivity index (χ1n) is 8.80. The number of benzene rings is 1. The number of hydrogen-bond donors (Lipinski definition) is 2. The fraction of sp³-hybridized carbons (Fsp3) is 0.500. The van der Waals surface area contributed by atoms with E-state index in [1.807, 2.05) is 0 Å². The van der Waals surface area contributed by atoms with E-state index < -0.39 is 43.9 Å². The van der Waals surface area contributed by atoms with Crippen LogP contribution in [-0.2, 0) is 24.2 Å². The molecule has 28 heavy (non-hydrogen) atoms. The molecular formula is C18H23N3O6S. The molecule has 0 spiro atoms. The van der Waals surface area contributed by atoms with Crippen LogP contribution in [0.1, 0.15) is 27.2 Å². The summed E-state index contributed by atoms with van der Waals surface area (Å²) in [5, 5.41) is 4.22. The van der Waals surface area contributed by atoms with E-state index in [1.54, 1.807) is 24.3 Å². The van der Waals surface area contributed by atoms with Gasteiger partial charge in [-0.1, -0.05) is 6.07 Å². The highest BCUT2D eigenvalue weighted by molar-refractivity contribution is 7.93. The third kappa shape index (κ3) is 3.01. The number of anilines is 1. The lowest BCUT2D eigenvalue weighted by molar-refractivity contribution is -0.150. The number of amides is 3. The van der Waals surface area contributed by atoms with Crippen LogP contribution in [0, 0.1) is 0 Å². The number of nitrogens with zero attached hydrogens (tertiary/aromatic N) is 1. The van der Waals surface area contributed by atoms with Gasteiger partial charge in [0.05, 0.1) is 18.3 Å². The summed E-state index contributed by atoms with van der Waals surface area (Å²) in [5.74, 6) is -0.966. The summed E-state index contributed by atoms with van der Waals surface area (Å²) >= 11 is 0. The van der Waals surface area contributed by atoms with Gasteiger partial charge < -0.3 is 20.3 Å². The number of nitrogens with one attached hydrogen (secondary N) is 2. The number of rotatable bonds is 5. The van der Waals surface area contributed by atoms with Crippen molar-refractivity contribution in [2.45, 2.75) is 49.4 Å². The minimum atomic E-state index is -3.68. The van der Waals surface area contributed by atoms with Crippen molar-refractivity contribution in [3.63, 3.8) is 0 Å². The maximum atomic E-state index is 12.8. The highest BCUT2D eigenvalue weighted by Gasteiger charge is 2.67. The van der Waals surface area contributed by atoms with Crippen molar-refractivity contribution < 1.29 is 27.5 Å². The summed E-state index contributed by atoms with van der Waals surface area (Å²) < 4.78 is 28.8. The predicted octanol–water partition coefficient (Wildman–Crippen LogP) is 0.272. The van der Waals surface area contributed by atoms with E-state index in [1.165, 1.54) is 27.9 Å². The molecule has 0 bridgehead atoms. The molecule has 3 atom stereocenters. The number of carbonyl (C=O) groups excluding carboxylic acids is 3. The monoisotopic (exact) mass is 409 g/mol. The minimum absolute atomic E-state index is 0.110. The van der Waals surface area contributed by atoms with Crippen LogP contribution in [0.25, 0.3) is 0 Å². The molecule has 3 amide bonds. The lowest BCUT2D eigenvalue weighted by atomic mass is 9.97. The van der Waals surface area contributed by atoms with Crippen molar-refractivity contribution in [3.8, 4) is 5.75 Å². The molecule has 0 saturated carbocycles. The molecule has 2 heterocycles. The number of ether oxygens (including phenoxy) is 1. The number of fused-ring (bicyclic) bond motifs is 1. The molecule has 3 unspecified atom stereocenters. The van der Waals surface area contributed by atoms with Gasteiger partial charge in [0.2, 0.25) is 17.7 Å². The Bertz CT molecular complexity index is 942. The average molecular weight is 409 g/mol. The van der Waals surface area contributed by atoms with Crippen molar-refractivity contribution in [1.29, 1.82) is 0 Å². The lowest BCUT2D eigenvalue weighted by Crippen LogP contribution is -2.61. The van der Waals surface area contributed by atoms with Gasteiger partial charge in [0.15, 0.2) is 9.84 Å². The highest BCUT2D eigenvalue weighted by Crippen LogP contribution is 2.45. The number of methoxy groups -OCH3 is 1. The second-order valence-corrected chi connectivity index (χ2v) is 10.1. The first-order valence-corrected chi connectivity index (χ1v) is 10.3. The maximum Gasteiger partial charge on any atom is 0.246 e. The van der Waals surface area contributed by atoms with Gasteiger partial charge in [-0.05, 0) is 32.9 Å². The summed E-state index contributed by atoms with van der Waals surface area (Å²) in [7, 11) is -2.17. The highest BCUT2D eigenvalue weighted by atomic mass is 32.2. The summed E-state index contributed by atoms with van der Waals surface area (Å²) in [4.78, 5) is 38.2. The third-order valence-electron chi connectivity index (χ3n) is 5.31. The molecule has 152 valence electrons. The Morgan fingerprint density at radius 1 is 1.32 bits per heavy atom. The van der Waals surface area contributed by atoms with Crippen molar-refractivity contribution in [1.82, 2.24) is 10.2 Å². The Morgan fingerprint density at radius 2 is 2.00 bits per heavy atom. The summed E-state index contributed by atoms with van der Waals surface area (Å²) in [5.41, 5.74) is 0.493. The van der Waals surface area contributed by atoms with Gasteiger partial charge in [-0.15, -0.1) is 0 Å². The third-order valence-corrected chi connectivity index (χ3v) is 8.11. The Morgan fingerprint density at radius 3 is 2.61 bits per heavy atom. The Hall–Kier alpha value is -2.62. The van der Waals surface area contributed by atoms with E-state index in [0.717, 1.165) is 4.90 Å². The van der Waals surface area contributed by atoms with Gasteiger partial charge in [-0.25, -0.2) is 8.42 Å². The van der Waals surface area contributed by atoms with E-state index in [4.69, 9.17) is 4.74 Å². The van der Waals surface area contributed by atoms with Gasteiger partial charge >= 0.3 is 0 Å². The molecule has 10 heteroatoms. The molecule has 1 aromatic carbocycles. The summed E-state index contributed by atoms with van der Waals surface area (Å²) in [6.45, 7) is 4.34. The molecule has 2 aliphatic rings. The van der Waals surface area contributed by atoms with Crippen molar-refractivity contribution in [2.24, 2.45) is 0 Å². The van der Waals surface area contributed by atoms with Gasteiger partial charge in [0, 0.05) is 11.8 Å². The van der Waals surface area contributed by atoms with Crippen molar-refractivity contribution in [2.75, 3.05) is 12.4 Å². The Labute approximate surface area is 163 Å². The first-order chi connectivity index (χ1) is 13.0. The molecule has 0 aromatic heterocycles. The second kappa shape index (κ2) is 6.77. The van der Waals surface area contributed by atoms with E-state index in [0.29, 0.717) is 11.4 Å². The number of β-lactam (4-membered cyclic amide) rings is 1. The van der Waals surface area contributed by atoms with Crippen LogP contribution in [-0.4, -0.2) is 60.4 Å². The fourth-order valence-electron chi connectivity index (χ4n) is 3.56. The molecule has 1 aromatic rings. The molecular weight excluding hydrogens is 386 g/mol. The maximum absolute atomic E-state index is 12.8. The standard InChI is InChI=1S/C18H23N3O6S/c1-10(16(23)20-11-6-5-7-12(8-11)27-4)19-17(24)15-18(2,3)28(25,26)14-9-13(22)21(14)15/h5-8,10,14-15H,9H2,1-4H3,(H,19,24)(H,20,23).